The molecule has 5 nitrogen and oxygen atoms in total. The minimum absolute atomic E-state index is 0.253. The van der Waals surface area contributed by atoms with Crippen molar-refractivity contribution in [2.24, 2.45) is 4.52 Å². The fraction of sp³-hybridized carbons (Fsp3) is 0. The summed E-state index contributed by atoms with van der Waals surface area (Å²) in [5.41, 5.74) is 0. The Balaban J connectivity index is 2.69. The molecule has 19 heteroatoms. The van der Waals surface area contributed by atoms with Crippen molar-refractivity contribution < 1.29 is 4.84 Å². The van der Waals surface area contributed by atoms with Crippen molar-refractivity contribution in [3.63, 3.8) is 0 Å². The van der Waals surface area contributed by atoms with E-state index in [9.17, 15) is 0 Å². The van der Waals surface area contributed by atoms with Crippen LogP contribution in [-0.4, -0.2) is 12.5 Å². The number of halogens is 10. The second-order valence-electron chi connectivity index (χ2n) is 4.21. The van der Waals surface area contributed by atoms with Gasteiger partial charge in [0.2, 0.25) is 0 Å². The van der Waals surface area contributed by atoms with Crippen LogP contribution < -0.4 is 4.84 Å². The molecule has 0 N–H and O–H groups in total. The first-order chi connectivity index (χ1) is 11.2. The molecule has 0 saturated heterocycles. The van der Waals surface area contributed by atoms with Crippen LogP contribution in [-0.2, 0) is 0 Å². The van der Waals surface area contributed by atoms with Crippen molar-refractivity contribution in [1.82, 2.24) is 12.5 Å². The number of para-hydroxylation sites is 1. The Morgan fingerprint density at radius 3 is 2.12 bits per heavy atom. The summed E-state index contributed by atoms with van der Waals surface area (Å²) in [4.78, 5) is 0.643. The molecule has 1 atom stereocenters. The van der Waals surface area contributed by atoms with Crippen LogP contribution in [0.5, 0.6) is 5.75 Å². The number of rotatable bonds is 2. The zero-order valence-corrected chi connectivity index (χ0v) is 22.4. The van der Waals surface area contributed by atoms with Gasteiger partial charge in [-0.25, -0.2) is 0 Å². The van der Waals surface area contributed by atoms with Gasteiger partial charge in [-0.1, -0.05) is 0 Å². The van der Waals surface area contributed by atoms with Crippen molar-refractivity contribution in [2.75, 3.05) is 0 Å². The molecule has 0 fully saturated rings. The standard InChI is InChI=1S/C6H6Cl10N4OP4/c7-18-22(9)17-23(10,11)20(21-6-4-2-1-3-5-6)25(14,15,16)19(8)24(18,12)13/h1-5,24H. The summed E-state index contributed by atoms with van der Waals surface area (Å²) in [5, 5.41) is 0. The van der Waals surface area contributed by atoms with Gasteiger partial charge < -0.3 is 0 Å². The van der Waals surface area contributed by atoms with Gasteiger partial charge in [-0.05, 0) is 0 Å². The summed E-state index contributed by atoms with van der Waals surface area (Å²) in [5.74, 6) is -3.41. The Hall–Kier alpha value is 3.32. The van der Waals surface area contributed by atoms with Gasteiger partial charge in [-0.15, -0.1) is 0 Å². The number of hydrogen-bond donors (Lipinski definition) is 0. The molecule has 0 aliphatic carbocycles. The zero-order chi connectivity index (χ0) is 19.3. The molecule has 1 aliphatic rings. The van der Waals surface area contributed by atoms with Crippen molar-refractivity contribution >= 4 is 138 Å². The average molecular weight is 629 g/mol. The first kappa shape index (κ1) is 24.6. The van der Waals surface area contributed by atoms with E-state index in [1.807, 2.05) is 0 Å². The Kier molecular flexibility index (Phi) is 8.31. The summed E-state index contributed by atoms with van der Waals surface area (Å²) in [6.07, 6.45) is -3.99. The third kappa shape index (κ3) is 5.15. The molecule has 0 radical (unpaired) electrons. The second kappa shape index (κ2) is 8.45. The maximum absolute atomic E-state index is 6.45. The Bertz CT molecular complexity index is 696. The molecule has 2 rings (SSSR count). The molecule has 1 aromatic carbocycles. The van der Waals surface area contributed by atoms with E-state index in [4.69, 9.17) is 118 Å². The van der Waals surface area contributed by atoms with Gasteiger partial charge >= 0.3 is 196 Å². The summed E-state index contributed by atoms with van der Waals surface area (Å²) in [6, 6.07) is 8.26. The predicted octanol–water partition coefficient (Wildman–Crippen LogP) is 10.8. The predicted molar refractivity (Wildman–Crippen MR) is 123 cm³/mol. The Morgan fingerprint density at radius 1 is 1.08 bits per heavy atom. The molecule has 146 valence electrons. The Morgan fingerprint density at radius 2 is 1.60 bits per heavy atom. The van der Waals surface area contributed by atoms with E-state index in [0.717, 1.165) is 3.96 Å². The molecular weight excluding hydrogens is 623 g/mol. The number of benzene rings is 1. The first-order valence-corrected chi connectivity index (χ1v) is 20.8. The quantitative estimate of drug-likeness (QED) is 0.241. The van der Waals surface area contributed by atoms with Gasteiger partial charge in [0, 0.05) is 0 Å². The summed E-state index contributed by atoms with van der Waals surface area (Å²) >= 11 is 63.0. The average Bonchev–Trinajstić information content (AvgIpc) is 2.50. The topological polar surface area (TPSA) is 31.3 Å². The molecule has 1 unspecified atom stereocenters. The van der Waals surface area contributed by atoms with Crippen LogP contribution in [0.4, 0.5) is 0 Å². The van der Waals surface area contributed by atoms with Crippen LogP contribution in [0.2, 0.25) is 0 Å². The SMILES string of the molecule is ClN1P(Cl)N=P(Cl)(Cl)N(Oc2ccccc2)P(Cl)(Cl)(Cl)N(Cl)[PH]1(Cl)Cl. The van der Waals surface area contributed by atoms with E-state index in [1.54, 1.807) is 30.3 Å². The molecule has 0 saturated carbocycles. The minimum atomic E-state index is -4.99. The number of hydrogen-bond acceptors (Lipinski definition) is 5. The van der Waals surface area contributed by atoms with Crippen LogP contribution >= 0.6 is 138 Å². The van der Waals surface area contributed by atoms with Crippen molar-refractivity contribution in [1.29, 1.82) is 0 Å². The normalized spacial score (nSPS) is 32.2. The fourth-order valence-electron chi connectivity index (χ4n) is 1.44. The molecule has 1 aliphatic heterocycles. The van der Waals surface area contributed by atoms with E-state index >= 15 is 0 Å². The maximum atomic E-state index is 6.45. The number of nitrogens with zero attached hydrogens (tertiary/aromatic N) is 4. The van der Waals surface area contributed by atoms with Gasteiger partial charge in [0.1, 0.15) is 0 Å². The molecule has 0 amide bonds. The van der Waals surface area contributed by atoms with E-state index in [2.05, 4.69) is 4.52 Å². The van der Waals surface area contributed by atoms with Crippen molar-refractivity contribution in [3.8, 4) is 5.75 Å². The second-order valence-corrected chi connectivity index (χ2v) is 29.3. The van der Waals surface area contributed by atoms with Gasteiger partial charge in [-0.2, -0.15) is 0 Å². The summed E-state index contributed by atoms with van der Waals surface area (Å²) in [7, 11) is -2.09. The van der Waals surface area contributed by atoms with Crippen molar-refractivity contribution in [2.45, 2.75) is 0 Å². The molecule has 1 heterocycles. The van der Waals surface area contributed by atoms with E-state index in [-0.39, 0.29) is 5.75 Å². The third-order valence-corrected chi connectivity index (χ3v) is 29.0. The van der Waals surface area contributed by atoms with Crippen LogP contribution in [0.3, 0.4) is 0 Å². The van der Waals surface area contributed by atoms with Crippen LogP contribution in [0.25, 0.3) is 0 Å². The summed E-state index contributed by atoms with van der Waals surface area (Å²) in [6.45, 7) is 0. The van der Waals surface area contributed by atoms with Crippen LogP contribution in [0, 0.1) is 0 Å². The molecular formula is C6H6Cl10N4OP4. The molecule has 0 bridgehead atoms. The van der Waals surface area contributed by atoms with Gasteiger partial charge in [0.25, 0.3) is 0 Å². The van der Waals surface area contributed by atoms with Gasteiger partial charge in [0.05, 0.1) is 0 Å². The third-order valence-electron chi connectivity index (χ3n) is 2.45. The summed E-state index contributed by atoms with van der Waals surface area (Å²) < 4.78 is 6.11. The molecule has 1 aromatic rings. The van der Waals surface area contributed by atoms with E-state index < -0.39 is 24.7 Å². The molecule has 0 spiro atoms. The van der Waals surface area contributed by atoms with Gasteiger partial charge in [0.15, 0.2) is 0 Å². The van der Waals surface area contributed by atoms with Crippen molar-refractivity contribution in [3.05, 3.63) is 30.3 Å². The zero-order valence-electron chi connectivity index (χ0n) is 11.2. The fourth-order valence-corrected chi connectivity index (χ4v) is 31.4. The van der Waals surface area contributed by atoms with Gasteiger partial charge in [-0.3, -0.25) is 0 Å². The van der Waals surface area contributed by atoms with Crippen LogP contribution in [0.15, 0.2) is 34.8 Å². The monoisotopic (exact) mass is 624 g/mol. The van der Waals surface area contributed by atoms with E-state index in [0.29, 0.717) is 8.56 Å². The molecule has 25 heavy (non-hydrogen) atoms. The first-order valence-electron chi connectivity index (χ1n) is 5.67. The Labute approximate surface area is 194 Å². The molecule has 0 aromatic heterocycles. The van der Waals surface area contributed by atoms with E-state index in [1.165, 1.54) is 0 Å². The van der Waals surface area contributed by atoms with Crippen LogP contribution in [0.1, 0.15) is 0 Å².